The Hall–Kier alpha value is -2.45. The average Bonchev–Trinajstić information content (AvgIpc) is 3.22. The molecule has 29 heavy (non-hydrogen) atoms. The van der Waals surface area contributed by atoms with E-state index in [1.54, 1.807) is 40.7 Å². The molecule has 2 atom stereocenters. The molecule has 2 aromatic rings. The van der Waals surface area contributed by atoms with E-state index in [0.29, 0.717) is 18.0 Å². The van der Waals surface area contributed by atoms with E-state index in [4.69, 9.17) is 19.7 Å². The van der Waals surface area contributed by atoms with Gasteiger partial charge in [-0.2, -0.15) is 0 Å². The first-order valence-corrected chi connectivity index (χ1v) is 9.58. The summed E-state index contributed by atoms with van der Waals surface area (Å²) in [4.78, 5) is 14.1. The smallest absolute Gasteiger partial charge is 0.413 e. The molecule has 0 radical (unpaired) electrons. The van der Waals surface area contributed by atoms with E-state index >= 15 is 0 Å². The number of aromatic nitrogens is 1. The second kappa shape index (κ2) is 7.76. The largest absolute Gasteiger partial charge is 0.444 e. The molecule has 1 amide bonds. The molecule has 0 saturated carbocycles. The molecular formula is C21H28FN3O4. The highest BCUT2D eigenvalue weighted by atomic mass is 19.1. The molecule has 0 spiro atoms. The number of alkyl halides is 1. The molecule has 7 nitrogen and oxygen atoms in total. The number of ether oxygens (including phenoxy) is 2. The molecule has 1 aliphatic rings. The first-order valence-electron chi connectivity index (χ1n) is 9.58. The van der Waals surface area contributed by atoms with Crippen LogP contribution in [0.2, 0.25) is 0 Å². The summed E-state index contributed by atoms with van der Waals surface area (Å²) in [6.07, 6.45) is -1.22. The number of rotatable bonds is 4. The number of carbonyl (C=O) groups excluding carboxylic acids is 1. The minimum Gasteiger partial charge on any atom is -0.444 e. The predicted octanol–water partition coefficient (Wildman–Crippen LogP) is 4.18. The summed E-state index contributed by atoms with van der Waals surface area (Å²) >= 11 is 0. The third-order valence-corrected chi connectivity index (χ3v) is 4.72. The molecule has 1 aliphatic heterocycles. The van der Waals surface area contributed by atoms with Gasteiger partial charge in [-0.05, 0) is 40.2 Å². The lowest BCUT2D eigenvalue weighted by molar-refractivity contribution is -0.0797. The zero-order valence-corrected chi connectivity index (χ0v) is 17.4. The van der Waals surface area contributed by atoms with Crippen LogP contribution in [0.15, 0.2) is 34.9 Å². The van der Waals surface area contributed by atoms with Gasteiger partial charge in [-0.25, -0.2) is 9.18 Å². The molecular weight excluding hydrogens is 377 g/mol. The summed E-state index contributed by atoms with van der Waals surface area (Å²) in [7, 11) is 0. The Labute approximate surface area is 169 Å². The lowest BCUT2D eigenvalue weighted by atomic mass is 10.0. The molecule has 1 unspecified atom stereocenters. The molecule has 1 aromatic carbocycles. The molecule has 0 aliphatic carbocycles. The van der Waals surface area contributed by atoms with Crippen LogP contribution in [0.3, 0.4) is 0 Å². The summed E-state index contributed by atoms with van der Waals surface area (Å²) < 4.78 is 30.9. The zero-order chi connectivity index (χ0) is 21.4. The van der Waals surface area contributed by atoms with E-state index < -0.39 is 36.2 Å². The molecule has 3 rings (SSSR count). The Bertz CT molecular complexity index is 858. The summed E-state index contributed by atoms with van der Waals surface area (Å²) in [6, 6.07) is 8.35. The molecule has 2 N–H and O–H groups in total. The van der Waals surface area contributed by atoms with Gasteiger partial charge in [-0.3, -0.25) is 4.90 Å². The SMILES string of the molecule is CC(C)(C)OC(=O)N1C(CF)[C@@H](c2ccc(-c3cc(CN)no3)cc2)OC1(C)C. The third kappa shape index (κ3) is 4.43. The highest BCUT2D eigenvalue weighted by Gasteiger charge is 2.51. The van der Waals surface area contributed by atoms with Crippen molar-refractivity contribution in [3.8, 4) is 11.3 Å². The predicted molar refractivity (Wildman–Crippen MR) is 106 cm³/mol. The maximum atomic E-state index is 14.0. The highest BCUT2D eigenvalue weighted by molar-refractivity contribution is 5.70. The minimum atomic E-state index is -1.01. The minimum absolute atomic E-state index is 0.297. The fourth-order valence-electron chi connectivity index (χ4n) is 3.47. The van der Waals surface area contributed by atoms with Gasteiger partial charge in [0.25, 0.3) is 0 Å². The van der Waals surface area contributed by atoms with E-state index in [1.807, 2.05) is 24.3 Å². The molecule has 1 aromatic heterocycles. The van der Waals surface area contributed by atoms with E-state index in [1.165, 1.54) is 4.90 Å². The Morgan fingerprint density at radius 3 is 2.48 bits per heavy atom. The Kier molecular flexibility index (Phi) is 5.69. The first kappa shape index (κ1) is 21.3. The van der Waals surface area contributed by atoms with E-state index in [-0.39, 0.29) is 0 Å². The number of carbonyl (C=O) groups is 1. The van der Waals surface area contributed by atoms with Crippen LogP contribution in [0.5, 0.6) is 0 Å². The highest BCUT2D eigenvalue weighted by Crippen LogP contribution is 2.42. The Morgan fingerprint density at radius 2 is 1.97 bits per heavy atom. The number of nitrogens with two attached hydrogens (primary N) is 1. The summed E-state index contributed by atoms with van der Waals surface area (Å²) in [5.74, 6) is 0.599. The molecule has 1 saturated heterocycles. The molecule has 0 bridgehead atoms. The molecule has 8 heteroatoms. The van der Waals surface area contributed by atoms with Gasteiger partial charge >= 0.3 is 6.09 Å². The van der Waals surface area contributed by atoms with Crippen molar-refractivity contribution in [2.45, 2.75) is 64.6 Å². The number of halogens is 1. The van der Waals surface area contributed by atoms with Gasteiger partial charge in [-0.15, -0.1) is 0 Å². The van der Waals surface area contributed by atoms with Gasteiger partial charge in [0.2, 0.25) is 0 Å². The van der Waals surface area contributed by atoms with Crippen molar-refractivity contribution in [2.75, 3.05) is 6.67 Å². The van der Waals surface area contributed by atoms with Crippen LogP contribution in [-0.4, -0.2) is 40.2 Å². The number of hydrogen-bond donors (Lipinski definition) is 1. The van der Waals surface area contributed by atoms with Crippen LogP contribution in [0.25, 0.3) is 11.3 Å². The summed E-state index contributed by atoms with van der Waals surface area (Å²) in [6.45, 7) is 8.33. The molecule has 158 valence electrons. The van der Waals surface area contributed by atoms with Crippen LogP contribution in [0.4, 0.5) is 9.18 Å². The van der Waals surface area contributed by atoms with Crippen LogP contribution >= 0.6 is 0 Å². The van der Waals surface area contributed by atoms with Crippen LogP contribution < -0.4 is 5.73 Å². The maximum absolute atomic E-state index is 14.0. The number of amides is 1. The van der Waals surface area contributed by atoms with Crippen molar-refractivity contribution in [3.63, 3.8) is 0 Å². The van der Waals surface area contributed by atoms with Crippen LogP contribution in [0, 0.1) is 0 Å². The normalized spacial score (nSPS) is 21.4. The van der Waals surface area contributed by atoms with Gasteiger partial charge in [0.05, 0.1) is 11.7 Å². The van der Waals surface area contributed by atoms with Crippen LogP contribution in [0.1, 0.15) is 52.0 Å². The van der Waals surface area contributed by atoms with Crippen LogP contribution in [-0.2, 0) is 16.0 Å². The lowest BCUT2D eigenvalue weighted by Crippen LogP contribution is -2.50. The number of benzene rings is 1. The Balaban J connectivity index is 1.85. The van der Waals surface area contributed by atoms with Gasteiger partial charge in [0, 0.05) is 18.2 Å². The first-order chi connectivity index (χ1) is 13.6. The van der Waals surface area contributed by atoms with Crippen molar-refractivity contribution in [1.82, 2.24) is 10.1 Å². The third-order valence-electron chi connectivity index (χ3n) is 4.72. The van der Waals surface area contributed by atoms with E-state index in [9.17, 15) is 9.18 Å². The zero-order valence-electron chi connectivity index (χ0n) is 17.4. The lowest BCUT2D eigenvalue weighted by Gasteiger charge is -2.34. The van der Waals surface area contributed by atoms with Crippen molar-refractivity contribution < 1.29 is 23.2 Å². The van der Waals surface area contributed by atoms with E-state index in [2.05, 4.69) is 5.16 Å². The van der Waals surface area contributed by atoms with Crippen molar-refractivity contribution in [2.24, 2.45) is 5.73 Å². The molecule has 1 fully saturated rings. The topological polar surface area (TPSA) is 90.8 Å². The van der Waals surface area contributed by atoms with Gasteiger partial charge in [0.1, 0.15) is 24.1 Å². The Morgan fingerprint density at radius 1 is 1.31 bits per heavy atom. The van der Waals surface area contributed by atoms with Crippen molar-refractivity contribution >= 4 is 6.09 Å². The quantitative estimate of drug-likeness (QED) is 0.820. The fraction of sp³-hybridized carbons (Fsp3) is 0.524. The monoisotopic (exact) mass is 405 g/mol. The molecule has 2 heterocycles. The maximum Gasteiger partial charge on any atom is 0.413 e. The summed E-state index contributed by atoms with van der Waals surface area (Å²) in [5.41, 5.74) is 6.10. The second-order valence-corrected chi connectivity index (χ2v) is 8.57. The van der Waals surface area contributed by atoms with Gasteiger partial charge in [0.15, 0.2) is 5.76 Å². The van der Waals surface area contributed by atoms with E-state index in [0.717, 1.165) is 11.1 Å². The van der Waals surface area contributed by atoms with Gasteiger partial charge < -0.3 is 19.7 Å². The summed E-state index contributed by atoms with van der Waals surface area (Å²) in [5, 5.41) is 3.88. The van der Waals surface area contributed by atoms with Gasteiger partial charge in [-0.1, -0.05) is 29.4 Å². The second-order valence-electron chi connectivity index (χ2n) is 8.57. The standard InChI is InChI=1S/C21H28FN3O4/c1-20(2,3)28-19(26)25-16(11-22)18(27-21(25,4)5)14-8-6-13(7-9-14)17-10-15(12-23)24-29-17/h6-10,16,18H,11-12,23H2,1-5H3/t16?,18-/m1/s1. The van der Waals surface area contributed by atoms with Crippen molar-refractivity contribution in [1.29, 1.82) is 0 Å². The fourth-order valence-corrected chi connectivity index (χ4v) is 3.47. The average molecular weight is 405 g/mol. The number of hydrogen-bond acceptors (Lipinski definition) is 6. The number of nitrogens with zero attached hydrogens (tertiary/aromatic N) is 2. The van der Waals surface area contributed by atoms with Crippen molar-refractivity contribution in [3.05, 3.63) is 41.6 Å².